The molecule has 2 nitrogen and oxygen atoms in total. The Morgan fingerprint density at radius 1 is 0.587 bits per heavy atom. The van der Waals surface area contributed by atoms with E-state index in [1.54, 1.807) is 0 Å². The molecule has 4 heteroatoms. The third kappa shape index (κ3) is 5.12. The maximum atomic E-state index is 3.95. The van der Waals surface area contributed by atoms with E-state index in [2.05, 4.69) is 165 Å². The number of nitrogens with one attached hydrogen (secondary N) is 1. The van der Waals surface area contributed by atoms with E-state index in [0.717, 1.165) is 12.1 Å². The van der Waals surface area contributed by atoms with Crippen LogP contribution in [0, 0.1) is 27.7 Å². The van der Waals surface area contributed by atoms with E-state index >= 15 is 0 Å². The van der Waals surface area contributed by atoms with Gasteiger partial charge < -0.3 is 10.2 Å². The van der Waals surface area contributed by atoms with Crippen molar-refractivity contribution < 1.29 is 0 Å². The normalized spacial score (nSPS) is 15.7. The summed E-state index contributed by atoms with van der Waals surface area (Å²) in [5, 5.41) is 5.29. The molecule has 46 heavy (non-hydrogen) atoms. The maximum absolute atomic E-state index is 3.95. The lowest BCUT2D eigenvalue weighted by atomic mass is 9.81. The predicted molar refractivity (Wildman–Crippen MR) is 202 cm³/mol. The Balaban J connectivity index is 1.21. The number of hydrogen-bond donors (Lipinski definition) is 1. The van der Waals surface area contributed by atoms with Crippen molar-refractivity contribution in [1.82, 2.24) is 0 Å². The van der Waals surface area contributed by atoms with Gasteiger partial charge in [-0.15, -0.1) is 22.7 Å². The first-order valence-electron chi connectivity index (χ1n) is 15.9. The average molecular weight is 633 g/mol. The monoisotopic (exact) mass is 632 g/mol. The Morgan fingerprint density at radius 2 is 1.13 bits per heavy atom. The molecule has 0 fully saturated rings. The number of anilines is 4. The van der Waals surface area contributed by atoms with Gasteiger partial charge in [0.25, 0.3) is 0 Å². The van der Waals surface area contributed by atoms with E-state index in [9.17, 15) is 0 Å². The highest BCUT2D eigenvalue weighted by Crippen LogP contribution is 2.49. The summed E-state index contributed by atoms with van der Waals surface area (Å²) in [5.41, 5.74) is 12.1. The molecular weight excluding hydrogens is 597 g/mol. The molecule has 1 aliphatic rings. The summed E-state index contributed by atoms with van der Waals surface area (Å²) in [7, 11) is 0. The lowest BCUT2D eigenvalue weighted by Gasteiger charge is -2.36. The van der Waals surface area contributed by atoms with Crippen LogP contribution in [0.25, 0.3) is 25.6 Å². The molecule has 1 N–H and O–H groups in total. The van der Waals surface area contributed by atoms with Gasteiger partial charge in [-0.3, -0.25) is 0 Å². The molecular formula is C42H36N2S2. The zero-order valence-corrected chi connectivity index (χ0v) is 28.2. The first kappa shape index (κ1) is 28.8. The highest BCUT2D eigenvalue weighted by atomic mass is 32.1. The molecule has 7 aromatic rings. The molecule has 0 spiro atoms. The molecule has 0 saturated carbocycles. The third-order valence-corrected chi connectivity index (χ3v) is 11.8. The number of fused-ring (bicyclic) bond motifs is 5. The van der Waals surface area contributed by atoms with Gasteiger partial charge in [-0.1, -0.05) is 101 Å². The van der Waals surface area contributed by atoms with Crippen LogP contribution >= 0.6 is 22.7 Å². The Bertz CT molecular complexity index is 2170. The minimum Gasteiger partial charge on any atom is -0.372 e. The summed E-state index contributed by atoms with van der Waals surface area (Å²) in [6, 6.07) is 42.4. The van der Waals surface area contributed by atoms with Crippen LogP contribution in [0.4, 0.5) is 22.7 Å². The van der Waals surface area contributed by atoms with Gasteiger partial charge in [0.05, 0.1) is 14.9 Å². The molecule has 0 radical (unpaired) electrons. The van der Waals surface area contributed by atoms with E-state index < -0.39 is 0 Å². The number of thiophene rings is 2. The first-order chi connectivity index (χ1) is 22.3. The molecule has 0 bridgehead atoms. The van der Waals surface area contributed by atoms with E-state index in [1.807, 2.05) is 22.7 Å². The van der Waals surface area contributed by atoms with Crippen LogP contribution < -0.4 is 10.2 Å². The van der Waals surface area contributed by atoms with E-state index in [0.29, 0.717) is 0 Å². The molecule has 0 saturated heterocycles. The number of hydrogen-bond acceptors (Lipinski definition) is 4. The van der Waals surface area contributed by atoms with Crippen molar-refractivity contribution in [3.05, 3.63) is 160 Å². The SMILES string of the molecule is Cc1ccc(NC2(c3ccc(C)cc3)C=Cc3c(sc4c3sc3cc(N(c5ccc(C)cc5)c5ccc(C)cc5)ccc34)C2)cc1. The molecule has 5 aromatic carbocycles. The Morgan fingerprint density at radius 3 is 1.74 bits per heavy atom. The standard InChI is InChI=1S/C42H36N2S2/c1-27-5-13-31(14-6-27)42(43-32-15-7-28(2)8-16-32)24-23-37-39(26-42)46-40-36-22-21-35(25-38(36)45-41(37)40)44(33-17-9-29(3)10-18-33)34-19-11-30(4)12-20-34/h5-25,43H,26H2,1-4H3. The van der Waals surface area contributed by atoms with Crippen LogP contribution in [0.2, 0.25) is 0 Å². The van der Waals surface area contributed by atoms with Crippen LogP contribution in [0.5, 0.6) is 0 Å². The van der Waals surface area contributed by atoms with Gasteiger partial charge in [0, 0.05) is 49.7 Å². The fourth-order valence-corrected chi connectivity index (χ4v) is 9.44. The molecule has 226 valence electrons. The summed E-state index contributed by atoms with van der Waals surface area (Å²) in [4.78, 5) is 3.81. The van der Waals surface area contributed by atoms with Crippen LogP contribution in [0.15, 0.2) is 121 Å². The van der Waals surface area contributed by atoms with Gasteiger partial charge in [0.15, 0.2) is 0 Å². The quantitative estimate of drug-likeness (QED) is 0.196. The number of benzene rings is 5. The van der Waals surface area contributed by atoms with Crippen molar-refractivity contribution >= 4 is 71.0 Å². The highest BCUT2D eigenvalue weighted by molar-refractivity contribution is 7.33. The fraction of sp³-hybridized carbons (Fsp3) is 0.143. The third-order valence-electron chi connectivity index (χ3n) is 9.20. The average Bonchev–Trinajstić information content (AvgIpc) is 3.59. The summed E-state index contributed by atoms with van der Waals surface area (Å²) >= 11 is 3.89. The largest absolute Gasteiger partial charge is 0.372 e. The van der Waals surface area contributed by atoms with Crippen LogP contribution in [0.3, 0.4) is 0 Å². The van der Waals surface area contributed by atoms with Gasteiger partial charge in [0.1, 0.15) is 0 Å². The van der Waals surface area contributed by atoms with Gasteiger partial charge in [-0.05, 0) is 81.8 Å². The molecule has 0 aliphatic heterocycles. The molecule has 1 aliphatic carbocycles. The smallest absolute Gasteiger partial charge is 0.0861 e. The van der Waals surface area contributed by atoms with Crippen molar-refractivity contribution in [3.8, 4) is 0 Å². The Labute approximate surface area is 279 Å². The second kappa shape index (κ2) is 11.3. The van der Waals surface area contributed by atoms with E-state index in [1.165, 1.54) is 74.8 Å². The fourth-order valence-electron chi connectivity index (χ4n) is 6.56. The minimum absolute atomic E-state index is 0.311. The number of nitrogens with zero attached hydrogens (tertiary/aromatic N) is 1. The Kier molecular flexibility index (Phi) is 7.08. The highest BCUT2D eigenvalue weighted by Gasteiger charge is 2.35. The van der Waals surface area contributed by atoms with E-state index in [4.69, 9.17) is 0 Å². The predicted octanol–water partition coefficient (Wildman–Crippen LogP) is 12.4. The van der Waals surface area contributed by atoms with Crippen molar-refractivity contribution in [2.75, 3.05) is 10.2 Å². The molecule has 1 unspecified atom stereocenters. The van der Waals surface area contributed by atoms with Gasteiger partial charge in [-0.2, -0.15) is 0 Å². The van der Waals surface area contributed by atoms with Gasteiger partial charge >= 0.3 is 0 Å². The van der Waals surface area contributed by atoms with Crippen LogP contribution in [-0.4, -0.2) is 0 Å². The second-order valence-corrected chi connectivity index (χ2v) is 14.9. The zero-order valence-electron chi connectivity index (χ0n) is 26.6. The van der Waals surface area contributed by atoms with Crippen LogP contribution in [0.1, 0.15) is 38.3 Å². The van der Waals surface area contributed by atoms with Crippen LogP contribution in [-0.2, 0) is 12.0 Å². The topological polar surface area (TPSA) is 15.3 Å². The van der Waals surface area contributed by atoms with Gasteiger partial charge in [-0.25, -0.2) is 0 Å². The maximum Gasteiger partial charge on any atom is 0.0861 e. The minimum atomic E-state index is -0.311. The number of rotatable bonds is 6. The van der Waals surface area contributed by atoms with Crippen molar-refractivity contribution in [2.24, 2.45) is 0 Å². The molecule has 1 atom stereocenters. The van der Waals surface area contributed by atoms with Crippen molar-refractivity contribution in [2.45, 2.75) is 39.7 Å². The van der Waals surface area contributed by atoms with E-state index in [-0.39, 0.29) is 5.54 Å². The van der Waals surface area contributed by atoms with Crippen molar-refractivity contribution in [1.29, 1.82) is 0 Å². The molecule has 2 heterocycles. The van der Waals surface area contributed by atoms with Crippen molar-refractivity contribution in [3.63, 3.8) is 0 Å². The summed E-state index contributed by atoms with van der Waals surface area (Å²) in [6.07, 6.45) is 5.69. The number of aryl methyl sites for hydroxylation is 4. The molecule has 2 aromatic heterocycles. The lowest BCUT2D eigenvalue weighted by molar-refractivity contribution is 0.612. The molecule has 8 rings (SSSR count). The summed E-state index contributed by atoms with van der Waals surface area (Å²) in [6.45, 7) is 8.58. The lowest BCUT2D eigenvalue weighted by Crippen LogP contribution is -2.37. The zero-order chi connectivity index (χ0) is 31.4. The summed E-state index contributed by atoms with van der Waals surface area (Å²) in [5.74, 6) is 0. The summed E-state index contributed by atoms with van der Waals surface area (Å²) < 4.78 is 4.12. The molecule has 0 amide bonds. The second-order valence-electron chi connectivity index (χ2n) is 12.7. The van der Waals surface area contributed by atoms with Gasteiger partial charge in [0.2, 0.25) is 0 Å². The first-order valence-corrected chi connectivity index (χ1v) is 17.5. The Hall–Kier alpha value is -4.64.